The number of ether oxygens (including phenoxy) is 2. The first-order valence-electron chi connectivity index (χ1n) is 8.73. The molecule has 1 rings (SSSR count). The third kappa shape index (κ3) is 10.4. The Labute approximate surface area is 179 Å². The second-order valence-corrected chi connectivity index (χ2v) is 7.15. The molecule has 0 spiro atoms. The van der Waals surface area contributed by atoms with Crippen LogP contribution >= 0.6 is 24.0 Å². The van der Waals surface area contributed by atoms with Gasteiger partial charge in [-0.25, -0.2) is 4.79 Å². The first kappa shape index (κ1) is 25.4. The molecule has 0 unspecified atom stereocenters. The Balaban J connectivity index is 0.00000676. The van der Waals surface area contributed by atoms with Gasteiger partial charge in [-0.15, -0.1) is 24.0 Å². The SMILES string of the molecule is COCCN(CCN=C(N)Nc1ccc(C)c(C)c1)C(=O)OC(C)(C)C.I. The van der Waals surface area contributed by atoms with Crippen LogP contribution in [-0.2, 0) is 9.47 Å². The zero-order valence-electron chi connectivity index (χ0n) is 17.2. The number of hydrogen-bond donors (Lipinski definition) is 2. The standard InChI is InChI=1S/C19H32N4O3.HI/c1-14-7-8-16(13-15(14)2)22-17(20)21-9-10-23(11-12-25-6)18(24)26-19(3,4)5;/h7-8,13H,9-12H2,1-6H3,(H3,20,21,22);1H. The summed E-state index contributed by atoms with van der Waals surface area (Å²) < 4.78 is 10.5. The van der Waals surface area contributed by atoms with Crippen molar-refractivity contribution >= 4 is 41.7 Å². The molecule has 0 saturated heterocycles. The van der Waals surface area contributed by atoms with Crippen LogP contribution in [0.25, 0.3) is 0 Å². The molecule has 27 heavy (non-hydrogen) atoms. The number of amides is 1. The van der Waals surface area contributed by atoms with Crippen LogP contribution in [0.2, 0.25) is 0 Å². The third-order valence-corrected chi connectivity index (χ3v) is 3.65. The molecule has 1 aromatic rings. The summed E-state index contributed by atoms with van der Waals surface area (Å²) >= 11 is 0. The molecule has 0 bridgehead atoms. The molecule has 0 aromatic heterocycles. The molecule has 0 aliphatic heterocycles. The average Bonchev–Trinajstić information content (AvgIpc) is 2.52. The fourth-order valence-electron chi connectivity index (χ4n) is 2.12. The topological polar surface area (TPSA) is 89.2 Å². The Bertz CT molecular complexity index is 630. The van der Waals surface area contributed by atoms with Crippen LogP contribution in [-0.4, -0.2) is 55.9 Å². The molecule has 8 heteroatoms. The van der Waals surface area contributed by atoms with E-state index in [1.807, 2.05) is 45.9 Å². The highest BCUT2D eigenvalue weighted by molar-refractivity contribution is 14.0. The number of carbonyl (C=O) groups is 1. The van der Waals surface area contributed by atoms with Crippen LogP contribution in [0.3, 0.4) is 0 Å². The number of anilines is 1. The molecule has 0 fully saturated rings. The number of nitrogens with one attached hydrogen (secondary N) is 1. The monoisotopic (exact) mass is 492 g/mol. The number of nitrogens with zero attached hydrogens (tertiary/aromatic N) is 2. The lowest BCUT2D eigenvalue weighted by Crippen LogP contribution is -2.40. The molecule has 0 radical (unpaired) electrons. The first-order chi connectivity index (χ1) is 12.1. The molecule has 3 N–H and O–H groups in total. The van der Waals surface area contributed by atoms with Gasteiger partial charge in [-0.3, -0.25) is 4.99 Å². The van der Waals surface area contributed by atoms with E-state index in [2.05, 4.69) is 17.2 Å². The molecular weight excluding hydrogens is 459 g/mol. The quantitative estimate of drug-likeness (QED) is 0.346. The number of hydrogen-bond acceptors (Lipinski definition) is 4. The van der Waals surface area contributed by atoms with Crippen LogP contribution < -0.4 is 11.1 Å². The number of rotatable bonds is 7. The number of carbonyl (C=O) groups excluding carboxylic acids is 1. The number of guanidine groups is 1. The van der Waals surface area contributed by atoms with Gasteiger partial charge in [0.25, 0.3) is 0 Å². The minimum absolute atomic E-state index is 0. The predicted octanol–water partition coefficient (Wildman–Crippen LogP) is 3.53. The largest absolute Gasteiger partial charge is 0.444 e. The van der Waals surface area contributed by atoms with E-state index in [1.54, 1.807) is 12.0 Å². The highest BCUT2D eigenvalue weighted by Crippen LogP contribution is 2.14. The lowest BCUT2D eigenvalue weighted by Gasteiger charge is -2.26. The minimum atomic E-state index is -0.546. The number of benzene rings is 1. The van der Waals surface area contributed by atoms with Gasteiger partial charge in [-0.05, 0) is 57.9 Å². The summed E-state index contributed by atoms with van der Waals surface area (Å²) in [6, 6.07) is 6.00. The molecular formula is C19H33IN4O3. The third-order valence-electron chi connectivity index (χ3n) is 3.65. The van der Waals surface area contributed by atoms with Gasteiger partial charge in [-0.2, -0.15) is 0 Å². The van der Waals surface area contributed by atoms with Gasteiger partial charge in [0, 0.05) is 25.9 Å². The highest BCUT2D eigenvalue weighted by atomic mass is 127. The summed E-state index contributed by atoms with van der Waals surface area (Å²) in [6.45, 7) is 11.2. The summed E-state index contributed by atoms with van der Waals surface area (Å²) in [5, 5.41) is 3.06. The van der Waals surface area contributed by atoms with Gasteiger partial charge < -0.3 is 25.4 Å². The number of halogens is 1. The summed E-state index contributed by atoms with van der Waals surface area (Å²) in [7, 11) is 1.59. The van der Waals surface area contributed by atoms with E-state index < -0.39 is 5.60 Å². The molecule has 1 aromatic carbocycles. The lowest BCUT2D eigenvalue weighted by molar-refractivity contribution is 0.0208. The normalized spacial score (nSPS) is 11.6. The van der Waals surface area contributed by atoms with Gasteiger partial charge >= 0.3 is 6.09 Å². The number of aliphatic imine (C=N–C) groups is 1. The van der Waals surface area contributed by atoms with Crippen LogP contribution in [0.15, 0.2) is 23.2 Å². The molecule has 154 valence electrons. The van der Waals surface area contributed by atoms with Crippen molar-refractivity contribution in [2.24, 2.45) is 10.7 Å². The van der Waals surface area contributed by atoms with E-state index in [9.17, 15) is 4.79 Å². The number of nitrogens with two attached hydrogens (primary N) is 1. The van der Waals surface area contributed by atoms with Crippen molar-refractivity contribution in [2.45, 2.75) is 40.2 Å². The molecule has 7 nitrogen and oxygen atoms in total. The van der Waals surface area contributed by atoms with Crippen molar-refractivity contribution in [3.05, 3.63) is 29.3 Å². The summed E-state index contributed by atoms with van der Waals surface area (Å²) in [6.07, 6.45) is -0.384. The average molecular weight is 492 g/mol. The van der Waals surface area contributed by atoms with Crippen molar-refractivity contribution in [1.29, 1.82) is 0 Å². The van der Waals surface area contributed by atoms with Crippen molar-refractivity contribution in [3.8, 4) is 0 Å². The lowest BCUT2D eigenvalue weighted by atomic mass is 10.1. The second kappa shape index (κ2) is 12.0. The maximum atomic E-state index is 12.3. The highest BCUT2D eigenvalue weighted by Gasteiger charge is 2.21. The predicted molar refractivity (Wildman–Crippen MR) is 121 cm³/mol. The fourth-order valence-corrected chi connectivity index (χ4v) is 2.12. The van der Waals surface area contributed by atoms with Crippen molar-refractivity contribution < 1.29 is 14.3 Å². The summed E-state index contributed by atoms with van der Waals surface area (Å²) in [4.78, 5) is 18.1. The fraction of sp³-hybridized carbons (Fsp3) is 0.579. The van der Waals surface area contributed by atoms with Crippen LogP contribution in [0.4, 0.5) is 10.5 Å². The molecule has 0 aliphatic carbocycles. The maximum absolute atomic E-state index is 12.3. The summed E-state index contributed by atoms with van der Waals surface area (Å²) in [5.41, 5.74) is 8.68. The van der Waals surface area contributed by atoms with Gasteiger partial charge in [0.1, 0.15) is 5.60 Å². The zero-order valence-corrected chi connectivity index (χ0v) is 19.5. The van der Waals surface area contributed by atoms with Gasteiger partial charge in [-0.1, -0.05) is 6.07 Å². The Morgan fingerprint density at radius 2 is 1.89 bits per heavy atom. The summed E-state index contributed by atoms with van der Waals surface area (Å²) in [5.74, 6) is 0.309. The first-order valence-corrected chi connectivity index (χ1v) is 8.73. The molecule has 0 aliphatic rings. The molecule has 0 atom stereocenters. The second-order valence-electron chi connectivity index (χ2n) is 7.15. The van der Waals surface area contributed by atoms with Crippen LogP contribution in [0, 0.1) is 13.8 Å². The smallest absolute Gasteiger partial charge is 0.410 e. The Hall–Kier alpha value is -1.55. The Morgan fingerprint density at radius 3 is 2.44 bits per heavy atom. The van der Waals surface area contributed by atoms with E-state index in [4.69, 9.17) is 15.2 Å². The van der Waals surface area contributed by atoms with E-state index in [0.29, 0.717) is 32.2 Å². The number of aryl methyl sites for hydroxylation is 2. The molecule has 1 amide bonds. The molecule has 0 saturated carbocycles. The Kier molecular flexibility index (Phi) is 11.3. The van der Waals surface area contributed by atoms with Crippen LogP contribution in [0.1, 0.15) is 31.9 Å². The van der Waals surface area contributed by atoms with E-state index >= 15 is 0 Å². The van der Waals surface area contributed by atoms with Crippen molar-refractivity contribution in [2.75, 3.05) is 38.7 Å². The van der Waals surface area contributed by atoms with E-state index in [-0.39, 0.29) is 30.1 Å². The maximum Gasteiger partial charge on any atom is 0.410 e. The Morgan fingerprint density at radius 1 is 1.22 bits per heavy atom. The van der Waals surface area contributed by atoms with Crippen LogP contribution in [0.5, 0.6) is 0 Å². The van der Waals surface area contributed by atoms with Gasteiger partial charge in [0.2, 0.25) is 0 Å². The van der Waals surface area contributed by atoms with Gasteiger partial charge in [0.05, 0.1) is 13.2 Å². The van der Waals surface area contributed by atoms with Gasteiger partial charge in [0.15, 0.2) is 5.96 Å². The zero-order chi connectivity index (χ0) is 19.7. The van der Waals surface area contributed by atoms with Crippen molar-refractivity contribution in [1.82, 2.24) is 4.90 Å². The molecule has 0 heterocycles. The van der Waals surface area contributed by atoms with Crippen molar-refractivity contribution in [3.63, 3.8) is 0 Å². The van der Waals surface area contributed by atoms with E-state index in [1.165, 1.54) is 11.1 Å². The van der Waals surface area contributed by atoms with E-state index in [0.717, 1.165) is 5.69 Å². The number of methoxy groups -OCH3 is 1. The minimum Gasteiger partial charge on any atom is -0.444 e.